The number of hydrogen-bond donors (Lipinski definition) is 4. The number of morpholine rings is 1. The van der Waals surface area contributed by atoms with Gasteiger partial charge < -0.3 is 30.9 Å². The van der Waals surface area contributed by atoms with Crippen molar-refractivity contribution in [2.75, 3.05) is 33.4 Å². The Bertz CT molecular complexity index is 1560. The highest BCUT2D eigenvalue weighted by Crippen LogP contribution is 2.88. The molecule has 56 heavy (non-hydrogen) atoms. The van der Waals surface area contributed by atoms with Gasteiger partial charge in [-0.2, -0.15) is 0 Å². The zero-order valence-electron chi connectivity index (χ0n) is 34.8. The number of nitrogens with zero attached hydrogens (tertiary/aromatic N) is 2. The van der Waals surface area contributed by atoms with E-state index in [4.69, 9.17) is 4.74 Å². The average Bonchev–Trinajstić information content (AvgIpc) is 3.94. The quantitative estimate of drug-likeness (QED) is 0.207. The molecule has 5 aliphatic carbocycles. The third-order valence-corrected chi connectivity index (χ3v) is 15.8. The Morgan fingerprint density at radius 1 is 0.804 bits per heavy atom. The summed E-state index contributed by atoms with van der Waals surface area (Å²) in [6.07, 6.45) is 13.4. The lowest BCUT2D eigenvalue weighted by Crippen LogP contribution is -2.63. The predicted octanol–water partition coefficient (Wildman–Crippen LogP) is 3.23. The van der Waals surface area contributed by atoms with Crippen molar-refractivity contribution in [3.8, 4) is 0 Å². The molecule has 4 N–H and O–H groups in total. The number of amides is 5. The van der Waals surface area contributed by atoms with Crippen molar-refractivity contribution < 1.29 is 33.5 Å². The summed E-state index contributed by atoms with van der Waals surface area (Å²) in [4.78, 5) is 88.3. The van der Waals surface area contributed by atoms with Gasteiger partial charge in [-0.1, -0.05) is 79.6 Å². The molecule has 6 atom stereocenters. The maximum absolute atomic E-state index is 15.2. The Morgan fingerprint density at radius 2 is 1.48 bits per heavy atom. The van der Waals surface area contributed by atoms with Gasteiger partial charge in [-0.3, -0.25) is 33.7 Å². The van der Waals surface area contributed by atoms with Gasteiger partial charge in [0.05, 0.1) is 19.3 Å². The third kappa shape index (κ3) is 7.52. The minimum Gasteiger partial charge on any atom is -0.378 e. The molecule has 7 rings (SSSR count). The van der Waals surface area contributed by atoms with E-state index in [1.807, 2.05) is 32.7 Å². The van der Waals surface area contributed by atoms with Crippen molar-refractivity contribution in [2.45, 2.75) is 167 Å². The molecule has 0 radical (unpaired) electrons. The second-order valence-corrected chi connectivity index (χ2v) is 20.3. The summed E-state index contributed by atoms with van der Waals surface area (Å²) in [6, 6.07) is -4.12. The lowest BCUT2D eigenvalue weighted by atomic mass is 9.73. The molecule has 5 amide bonds. The van der Waals surface area contributed by atoms with E-state index in [1.165, 1.54) is 0 Å². The Morgan fingerprint density at radius 3 is 2.04 bits per heavy atom. The topological polar surface area (TPSA) is 166 Å². The first-order chi connectivity index (χ1) is 26.5. The number of ketones is 1. The third-order valence-electron chi connectivity index (χ3n) is 15.8. The molecule has 0 bridgehead atoms. The monoisotopic (exact) mass is 781 g/mol. The highest BCUT2D eigenvalue weighted by Gasteiger charge is 2.85. The zero-order valence-corrected chi connectivity index (χ0v) is 34.8. The summed E-state index contributed by atoms with van der Waals surface area (Å²) in [5.41, 5.74) is -1.07. The smallest absolute Gasteiger partial charge is 0.289 e. The van der Waals surface area contributed by atoms with Crippen LogP contribution in [0.2, 0.25) is 0 Å². The fourth-order valence-electron chi connectivity index (χ4n) is 11.4. The Labute approximate surface area is 333 Å². The van der Waals surface area contributed by atoms with Gasteiger partial charge in [0.15, 0.2) is 0 Å². The first-order valence-electron chi connectivity index (χ1n) is 21.8. The predicted molar refractivity (Wildman–Crippen MR) is 210 cm³/mol. The zero-order chi connectivity index (χ0) is 40.2. The van der Waals surface area contributed by atoms with Gasteiger partial charge in [-0.25, -0.2) is 0 Å². The Kier molecular flexibility index (Phi) is 11.5. The molecule has 1 unspecified atom stereocenters. The number of hydrogen-bond acceptors (Lipinski definition) is 8. The molecule has 7 aliphatic rings. The molecule has 2 saturated heterocycles. The van der Waals surface area contributed by atoms with E-state index in [1.54, 1.807) is 4.90 Å². The molecule has 5 saturated carbocycles. The molecule has 2 spiro atoms. The van der Waals surface area contributed by atoms with Gasteiger partial charge >= 0.3 is 0 Å². The summed E-state index contributed by atoms with van der Waals surface area (Å²) in [5, 5.41) is 12.1. The first kappa shape index (κ1) is 41.1. The van der Waals surface area contributed by atoms with Crippen molar-refractivity contribution in [3.63, 3.8) is 0 Å². The minimum absolute atomic E-state index is 0.0169. The highest BCUT2D eigenvalue weighted by molar-refractivity contribution is 6.38. The molecular formula is C43H68N6O7. The summed E-state index contributed by atoms with van der Waals surface area (Å²) in [5.74, 6) is -2.46. The lowest BCUT2D eigenvalue weighted by Gasteiger charge is -2.38. The number of carbonyl (C=O) groups is 6. The number of carbonyl (C=O) groups excluding carboxylic acids is 6. The van der Waals surface area contributed by atoms with Crippen LogP contribution in [0.5, 0.6) is 0 Å². The first-order valence-corrected chi connectivity index (χ1v) is 21.8. The Hall–Kier alpha value is -3.06. The van der Waals surface area contributed by atoms with Crippen molar-refractivity contribution in [1.82, 2.24) is 31.1 Å². The molecule has 312 valence electrons. The summed E-state index contributed by atoms with van der Waals surface area (Å²) in [6.45, 7) is 12.1. The summed E-state index contributed by atoms with van der Waals surface area (Å²) in [7, 11) is 1.88. The van der Waals surface area contributed by atoms with Crippen LogP contribution in [0, 0.1) is 33.5 Å². The van der Waals surface area contributed by atoms with E-state index in [2.05, 4.69) is 35.1 Å². The van der Waals surface area contributed by atoms with Gasteiger partial charge in [0.25, 0.3) is 5.91 Å². The van der Waals surface area contributed by atoms with Crippen LogP contribution in [0.1, 0.15) is 131 Å². The van der Waals surface area contributed by atoms with Gasteiger partial charge in [-0.15, -0.1) is 0 Å². The van der Waals surface area contributed by atoms with Crippen molar-refractivity contribution in [1.29, 1.82) is 0 Å². The van der Waals surface area contributed by atoms with E-state index in [9.17, 15) is 24.0 Å². The second-order valence-electron chi connectivity index (χ2n) is 20.3. The van der Waals surface area contributed by atoms with Crippen LogP contribution in [-0.2, 0) is 33.5 Å². The van der Waals surface area contributed by atoms with Crippen LogP contribution in [0.15, 0.2) is 0 Å². The maximum atomic E-state index is 15.2. The van der Waals surface area contributed by atoms with E-state index in [0.717, 1.165) is 83.5 Å². The second kappa shape index (κ2) is 15.6. The molecule has 7 fully saturated rings. The highest BCUT2D eigenvalue weighted by atomic mass is 16.5. The number of rotatable bonds is 13. The average molecular weight is 781 g/mol. The lowest BCUT2D eigenvalue weighted by molar-refractivity contribution is -0.146. The van der Waals surface area contributed by atoms with Crippen LogP contribution < -0.4 is 21.3 Å². The van der Waals surface area contributed by atoms with Crippen LogP contribution in [0.3, 0.4) is 0 Å². The van der Waals surface area contributed by atoms with E-state index >= 15 is 4.79 Å². The van der Waals surface area contributed by atoms with Crippen LogP contribution >= 0.6 is 0 Å². The molecule has 0 aromatic carbocycles. The normalized spacial score (nSPS) is 30.4. The Balaban J connectivity index is 1.14. The number of nitrogens with one attached hydrogen (secondary N) is 4. The standard InChI is InChI=1S/C43H68N6O7/c1-40(2,3)34(47-37(53)32(27-14-8-7-9-15-27)46-36(52)31-24-56-21-20-48(31)6)39(55)49-25-43(41(4,5)42(43)18-11-19-42)23-30(49)35(51)45-29(22-26-12-10-13-26)33(50)38(54)44-28-16-17-28/h26-32,34H,7-25H2,1-6H3,(H,44,54)(H,45,51)(H,46,52)(H,47,53)/t29?,30-,31-,32-,34+,43+/m0/s1. The molecule has 0 aromatic heterocycles. The minimum atomic E-state index is -0.986. The largest absolute Gasteiger partial charge is 0.378 e. The number of fused-ring (bicyclic) bond motifs is 1. The molecule has 13 heteroatoms. The molecule has 2 aliphatic heterocycles. The number of Topliss-reactive ketones (excluding diaryl/α,β-unsaturated/α-hetero) is 1. The van der Waals surface area contributed by atoms with E-state index in [0.29, 0.717) is 32.5 Å². The number of likely N-dealkylation sites (N-methyl/N-ethyl adjacent to an activating group) is 1. The van der Waals surface area contributed by atoms with Gasteiger partial charge in [0, 0.05) is 24.5 Å². The van der Waals surface area contributed by atoms with Gasteiger partial charge in [0.1, 0.15) is 24.2 Å². The van der Waals surface area contributed by atoms with Crippen LogP contribution in [0.25, 0.3) is 0 Å². The van der Waals surface area contributed by atoms with E-state index < -0.39 is 53.2 Å². The number of likely N-dealkylation sites (tertiary alicyclic amines) is 1. The van der Waals surface area contributed by atoms with Crippen LogP contribution in [0.4, 0.5) is 0 Å². The molecule has 13 nitrogen and oxygen atoms in total. The van der Waals surface area contributed by atoms with Gasteiger partial charge in [-0.05, 0) is 86.5 Å². The van der Waals surface area contributed by atoms with E-state index in [-0.39, 0.29) is 58.5 Å². The van der Waals surface area contributed by atoms with Crippen molar-refractivity contribution >= 4 is 35.3 Å². The summed E-state index contributed by atoms with van der Waals surface area (Å²) >= 11 is 0. The fraction of sp³-hybridized carbons (Fsp3) is 0.860. The maximum Gasteiger partial charge on any atom is 0.289 e. The molecular weight excluding hydrogens is 713 g/mol. The summed E-state index contributed by atoms with van der Waals surface area (Å²) < 4.78 is 5.62. The number of ether oxygens (including phenoxy) is 1. The SMILES string of the molecule is CN1CCOC[C@H]1C(=O)N[C@H](C(=O)N[C@H](C(=O)N1C[C@]2(C[C@H]1C(=O)NC(CC1CCC1)C(=O)C(=O)NC1CC1)C(C)(C)C21CCC1)C(C)(C)C)C1CCCCC1. The molecule has 0 aromatic rings. The fourth-order valence-corrected chi connectivity index (χ4v) is 11.4. The molecule has 2 heterocycles. The van der Waals surface area contributed by atoms with Crippen molar-refractivity contribution in [3.05, 3.63) is 0 Å². The van der Waals surface area contributed by atoms with Gasteiger partial charge in [0.2, 0.25) is 29.4 Å². The van der Waals surface area contributed by atoms with Crippen LogP contribution in [-0.4, -0.2) is 115 Å². The van der Waals surface area contributed by atoms with Crippen molar-refractivity contribution in [2.24, 2.45) is 33.5 Å².